The summed E-state index contributed by atoms with van der Waals surface area (Å²) in [7, 11) is -3.48. The van der Waals surface area contributed by atoms with Crippen molar-refractivity contribution in [1.82, 2.24) is 19.0 Å². The van der Waals surface area contributed by atoms with Crippen LogP contribution >= 0.6 is 0 Å². The zero-order chi connectivity index (χ0) is 20.3. The molecule has 0 spiro atoms. The molecule has 7 nitrogen and oxygen atoms in total. The minimum atomic E-state index is -3.48. The highest BCUT2D eigenvalue weighted by Gasteiger charge is 2.21. The molecule has 1 amide bonds. The number of amides is 1. The molecule has 0 radical (unpaired) electrons. The van der Waals surface area contributed by atoms with E-state index in [1.54, 1.807) is 34.9 Å². The van der Waals surface area contributed by atoms with E-state index in [0.717, 1.165) is 16.8 Å². The molecule has 0 unspecified atom stereocenters. The van der Waals surface area contributed by atoms with E-state index in [-0.39, 0.29) is 17.3 Å². The summed E-state index contributed by atoms with van der Waals surface area (Å²) in [5, 5.41) is 2.82. The third-order valence-electron chi connectivity index (χ3n) is 4.57. The van der Waals surface area contributed by atoms with Gasteiger partial charge in [-0.3, -0.25) is 4.79 Å². The number of benzene rings is 1. The fourth-order valence-electron chi connectivity index (χ4n) is 2.96. The van der Waals surface area contributed by atoms with Crippen LogP contribution in [-0.4, -0.2) is 41.1 Å². The number of fused-ring (bicyclic) bond motifs is 1. The van der Waals surface area contributed by atoms with Crippen molar-refractivity contribution in [3.8, 4) is 0 Å². The maximum atomic E-state index is 12.5. The van der Waals surface area contributed by atoms with Gasteiger partial charge in [0.25, 0.3) is 5.91 Å². The van der Waals surface area contributed by atoms with Gasteiger partial charge in [-0.1, -0.05) is 26.0 Å². The lowest BCUT2D eigenvalue weighted by Gasteiger charge is -2.18. The molecule has 0 atom stereocenters. The first kappa shape index (κ1) is 20.0. The van der Waals surface area contributed by atoms with E-state index in [0.29, 0.717) is 18.8 Å². The second-order valence-electron chi connectivity index (χ2n) is 6.51. The largest absolute Gasteiger partial charge is 0.347 e. The summed E-state index contributed by atoms with van der Waals surface area (Å²) in [5.74, 6) is -0.277. The number of sulfonamides is 1. The summed E-state index contributed by atoms with van der Waals surface area (Å²) in [6.07, 6.45) is 3.55. The van der Waals surface area contributed by atoms with Crippen LogP contribution in [0.3, 0.4) is 0 Å². The zero-order valence-electron chi connectivity index (χ0n) is 16.2. The topological polar surface area (TPSA) is 83.8 Å². The molecule has 0 aliphatic carbocycles. The molecule has 0 aliphatic rings. The first-order valence-corrected chi connectivity index (χ1v) is 10.6. The molecular formula is C20H24N4O3S. The summed E-state index contributed by atoms with van der Waals surface area (Å²) < 4.78 is 28.2. The maximum Gasteiger partial charge on any atom is 0.271 e. The van der Waals surface area contributed by atoms with Crippen LogP contribution in [0.5, 0.6) is 0 Å². The van der Waals surface area contributed by atoms with E-state index in [4.69, 9.17) is 0 Å². The van der Waals surface area contributed by atoms with Crippen molar-refractivity contribution in [3.05, 3.63) is 65.6 Å². The zero-order valence-corrected chi connectivity index (χ0v) is 17.0. The van der Waals surface area contributed by atoms with E-state index < -0.39 is 10.0 Å². The monoisotopic (exact) mass is 400 g/mol. The predicted molar refractivity (Wildman–Crippen MR) is 108 cm³/mol. The molecule has 1 N–H and O–H groups in total. The van der Waals surface area contributed by atoms with Crippen LogP contribution in [0.25, 0.3) is 5.65 Å². The molecule has 3 rings (SSSR count). The Hall–Kier alpha value is -2.71. The highest BCUT2D eigenvalue weighted by Crippen LogP contribution is 2.16. The second kappa shape index (κ2) is 8.12. The standard InChI is InChI=1S/C20H24N4O3S/c1-4-24(5-2)28(26,27)17-8-6-16(7-9-17)13-21-20(25)18-14-23-11-10-15(3)12-19(23)22-18/h6-12,14H,4-5,13H2,1-3H3,(H,21,25). The van der Waals surface area contributed by atoms with Crippen molar-refractivity contribution in [1.29, 1.82) is 0 Å². The number of hydrogen-bond donors (Lipinski definition) is 1. The number of imidazole rings is 1. The Balaban J connectivity index is 1.68. The lowest BCUT2D eigenvalue weighted by Crippen LogP contribution is -2.30. The molecule has 0 saturated carbocycles. The maximum absolute atomic E-state index is 12.5. The van der Waals surface area contributed by atoms with Gasteiger partial charge in [0.1, 0.15) is 11.3 Å². The van der Waals surface area contributed by atoms with Gasteiger partial charge < -0.3 is 9.72 Å². The first-order chi connectivity index (χ1) is 13.3. The van der Waals surface area contributed by atoms with E-state index in [9.17, 15) is 13.2 Å². The lowest BCUT2D eigenvalue weighted by atomic mass is 10.2. The van der Waals surface area contributed by atoms with E-state index in [2.05, 4.69) is 10.3 Å². The van der Waals surface area contributed by atoms with Gasteiger partial charge in [-0.15, -0.1) is 0 Å². The molecule has 1 aromatic carbocycles. The number of nitrogens with zero attached hydrogens (tertiary/aromatic N) is 3. The van der Waals surface area contributed by atoms with Gasteiger partial charge in [0.2, 0.25) is 10.0 Å². The number of carbonyl (C=O) groups excluding carboxylic acids is 1. The number of hydrogen-bond acceptors (Lipinski definition) is 4. The summed E-state index contributed by atoms with van der Waals surface area (Å²) in [6, 6.07) is 10.4. The molecule has 0 fully saturated rings. The van der Waals surface area contributed by atoms with Gasteiger partial charge in [0.05, 0.1) is 4.90 Å². The highest BCUT2D eigenvalue weighted by molar-refractivity contribution is 7.89. The molecule has 148 valence electrons. The number of aromatic nitrogens is 2. The molecule has 8 heteroatoms. The molecule has 0 aliphatic heterocycles. The smallest absolute Gasteiger partial charge is 0.271 e. The van der Waals surface area contributed by atoms with Gasteiger partial charge in [0, 0.05) is 32.0 Å². The minimum Gasteiger partial charge on any atom is -0.347 e. The van der Waals surface area contributed by atoms with Crippen molar-refractivity contribution in [2.45, 2.75) is 32.2 Å². The first-order valence-electron chi connectivity index (χ1n) is 9.17. The normalized spacial score (nSPS) is 11.9. The molecular weight excluding hydrogens is 376 g/mol. The van der Waals surface area contributed by atoms with Crippen LogP contribution in [0.15, 0.2) is 53.7 Å². The van der Waals surface area contributed by atoms with E-state index in [1.807, 2.05) is 39.1 Å². The van der Waals surface area contributed by atoms with Crippen LogP contribution < -0.4 is 5.32 Å². The van der Waals surface area contributed by atoms with Gasteiger partial charge in [-0.2, -0.15) is 4.31 Å². The van der Waals surface area contributed by atoms with Crippen molar-refractivity contribution < 1.29 is 13.2 Å². The van der Waals surface area contributed by atoms with E-state index in [1.165, 1.54) is 4.31 Å². The molecule has 0 bridgehead atoms. The SMILES string of the molecule is CCN(CC)S(=O)(=O)c1ccc(CNC(=O)c2cn3ccc(C)cc3n2)cc1. The molecule has 2 heterocycles. The van der Waals surface area contributed by atoms with Crippen LogP contribution in [0.4, 0.5) is 0 Å². The predicted octanol–water partition coefficient (Wildman–Crippen LogP) is 2.60. The van der Waals surface area contributed by atoms with Crippen LogP contribution in [0.1, 0.15) is 35.5 Å². The molecule has 28 heavy (non-hydrogen) atoms. The van der Waals surface area contributed by atoms with Crippen LogP contribution in [0.2, 0.25) is 0 Å². The number of carbonyl (C=O) groups is 1. The van der Waals surface area contributed by atoms with Crippen molar-refractivity contribution in [2.75, 3.05) is 13.1 Å². The Bertz CT molecular complexity index is 1080. The Morgan fingerprint density at radius 1 is 1.14 bits per heavy atom. The number of pyridine rings is 1. The Morgan fingerprint density at radius 2 is 1.82 bits per heavy atom. The number of aryl methyl sites for hydroxylation is 1. The van der Waals surface area contributed by atoms with Crippen molar-refractivity contribution in [2.24, 2.45) is 0 Å². The second-order valence-corrected chi connectivity index (χ2v) is 8.45. The minimum absolute atomic E-state index is 0.252. The van der Waals surface area contributed by atoms with Crippen LogP contribution in [0, 0.1) is 6.92 Å². The Kier molecular flexibility index (Phi) is 5.81. The highest BCUT2D eigenvalue weighted by atomic mass is 32.2. The molecule has 0 saturated heterocycles. The fraction of sp³-hybridized carbons (Fsp3) is 0.300. The summed E-state index contributed by atoms with van der Waals surface area (Å²) in [4.78, 5) is 17.0. The number of nitrogens with one attached hydrogen (secondary N) is 1. The molecule has 3 aromatic rings. The summed E-state index contributed by atoms with van der Waals surface area (Å²) in [5.41, 5.74) is 2.94. The van der Waals surface area contributed by atoms with Crippen molar-refractivity contribution in [3.63, 3.8) is 0 Å². The molecule has 2 aromatic heterocycles. The van der Waals surface area contributed by atoms with Gasteiger partial charge >= 0.3 is 0 Å². The Labute approximate surface area is 165 Å². The number of rotatable bonds is 7. The summed E-state index contributed by atoms with van der Waals surface area (Å²) >= 11 is 0. The van der Waals surface area contributed by atoms with E-state index >= 15 is 0 Å². The average molecular weight is 401 g/mol. The fourth-order valence-corrected chi connectivity index (χ4v) is 4.42. The van der Waals surface area contributed by atoms with Gasteiger partial charge in [0.15, 0.2) is 0 Å². The quantitative estimate of drug-likeness (QED) is 0.661. The van der Waals surface area contributed by atoms with Gasteiger partial charge in [-0.05, 0) is 42.3 Å². The Morgan fingerprint density at radius 3 is 2.46 bits per heavy atom. The van der Waals surface area contributed by atoms with Gasteiger partial charge in [-0.25, -0.2) is 13.4 Å². The third-order valence-corrected chi connectivity index (χ3v) is 6.63. The van der Waals surface area contributed by atoms with Crippen LogP contribution in [-0.2, 0) is 16.6 Å². The summed E-state index contributed by atoms with van der Waals surface area (Å²) in [6.45, 7) is 6.73. The average Bonchev–Trinajstić information content (AvgIpc) is 3.10. The van der Waals surface area contributed by atoms with Crippen molar-refractivity contribution >= 4 is 21.6 Å². The lowest BCUT2D eigenvalue weighted by molar-refractivity contribution is 0.0946. The third kappa shape index (κ3) is 4.07.